The highest BCUT2D eigenvalue weighted by atomic mass is 16.5. The Bertz CT molecular complexity index is 899. The summed E-state index contributed by atoms with van der Waals surface area (Å²) in [6, 6.07) is 12.5. The Balaban J connectivity index is 1.64. The van der Waals surface area contributed by atoms with Crippen LogP contribution in [0, 0.1) is 0 Å². The molecule has 0 spiro atoms. The smallest absolute Gasteiger partial charge is 0.257 e. The third kappa shape index (κ3) is 4.72. The molecule has 0 fully saturated rings. The molecule has 27 heavy (non-hydrogen) atoms. The first-order valence-corrected chi connectivity index (χ1v) is 8.32. The van der Waals surface area contributed by atoms with Crippen LogP contribution in [0.15, 0.2) is 61.1 Å². The summed E-state index contributed by atoms with van der Waals surface area (Å²) in [5.74, 6) is 1.58. The number of methoxy groups -OCH3 is 2. The summed E-state index contributed by atoms with van der Waals surface area (Å²) in [5.41, 5.74) is 2.10. The number of benzene rings is 1. The minimum Gasteiger partial charge on any atom is -0.497 e. The molecule has 2 N–H and O–H groups in total. The predicted molar refractivity (Wildman–Crippen MR) is 103 cm³/mol. The Kier molecular flexibility index (Phi) is 5.84. The maximum Gasteiger partial charge on any atom is 0.257 e. The third-order valence-corrected chi connectivity index (χ3v) is 3.91. The minimum absolute atomic E-state index is 0.272. The number of aromatic nitrogens is 2. The largest absolute Gasteiger partial charge is 0.497 e. The van der Waals surface area contributed by atoms with Crippen LogP contribution in [0.25, 0.3) is 0 Å². The van der Waals surface area contributed by atoms with Gasteiger partial charge in [0.05, 0.1) is 25.5 Å². The molecule has 3 rings (SSSR count). The number of rotatable bonds is 7. The van der Waals surface area contributed by atoms with Gasteiger partial charge < -0.3 is 20.1 Å². The maximum absolute atomic E-state index is 12.5. The second-order valence-corrected chi connectivity index (χ2v) is 5.66. The van der Waals surface area contributed by atoms with E-state index in [1.165, 1.54) is 13.3 Å². The number of amides is 1. The summed E-state index contributed by atoms with van der Waals surface area (Å²) in [5, 5.41) is 6.02. The molecule has 1 aromatic carbocycles. The lowest BCUT2D eigenvalue weighted by molar-refractivity contribution is 0.102. The van der Waals surface area contributed by atoms with E-state index in [1.54, 1.807) is 49.8 Å². The van der Waals surface area contributed by atoms with Crippen molar-refractivity contribution in [3.8, 4) is 11.5 Å². The summed E-state index contributed by atoms with van der Waals surface area (Å²) in [6.07, 6.45) is 5.01. The number of nitrogens with one attached hydrogen (secondary N) is 2. The number of hydrogen-bond donors (Lipinski definition) is 2. The normalized spacial score (nSPS) is 10.1. The van der Waals surface area contributed by atoms with E-state index in [-0.39, 0.29) is 5.91 Å². The van der Waals surface area contributed by atoms with Crippen LogP contribution in [0.1, 0.15) is 15.9 Å². The number of nitrogens with zero attached hydrogens (tertiary/aromatic N) is 2. The Hall–Kier alpha value is -3.61. The lowest BCUT2D eigenvalue weighted by Crippen LogP contribution is -2.13. The molecule has 0 aliphatic heterocycles. The zero-order valence-corrected chi connectivity index (χ0v) is 15.1. The molecule has 1 amide bonds. The van der Waals surface area contributed by atoms with Crippen molar-refractivity contribution in [3.63, 3.8) is 0 Å². The quantitative estimate of drug-likeness (QED) is 0.669. The molecule has 0 aliphatic rings. The van der Waals surface area contributed by atoms with Gasteiger partial charge in [-0.2, -0.15) is 0 Å². The van der Waals surface area contributed by atoms with Crippen LogP contribution in [0.4, 0.5) is 11.5 Å². The molecule has 0 aliphatic carbocycles. The second-order valence-electron chi connectivity index (χ2n) is 5.66. The maximum atomic E-state index is 12.5. The Morgan fingerprint density at radius 2 is 1.85 bits per heavy atom. The lowest BCUT2D eigenvalue weighted by Gasteiger charge is -2.12. The van der Waals surface area contributed by atoms with E-state index >= 15 is 0 Å². The highest BCUT2D eigenvalue weighted by Crippen LogP contribution is 2.29. The highest BCUT2D eigenvalue weighted by Gasteiger charge is 2.11. The van der Waals surface area contributed by atoms with Gasteiger partial charge >= 0.3 is 0 Å². The molecule has 0 saturated heterocycles. The molecule has 7 nitrogen and oxygen atoms in total. The molecule has 7 heteroatoms. The van der Waals surface area contributed by atoms with Gasteiger partial charge in [-0.3, -0.25) is 9.78 Å². The van der Waals surface area contributed by atoms with Gasteiger partial charge in [0, 0.05) is 31.2 Å². The Labute approximate surface area is 157 Å². The fourth-order valence-electron chi connectivity index (χ4n) is 2.42. The summed E-state index contributed by atoms with van der Waals surface area (Å²) < 4.78 is 10.4. The molecular formula is C20H20N4O3. The van der Waals surface area contributed by atoms with Crippen LogP contribution >= 0.6 is 0 Å². The van der Waals surface area contributed by atoms with Crippen LogP contribution in [0.3, 0.4) is 0 Å². The van der Waals surface area contributed by atoms with E-state index in [1.807, 2.05) is 12.1 Å². The Morgan fingerprint density at radius 3 is 2.52 bits per heavy atom. The predicted octanol–water partition coefficient (Wildman–Crippen LogP) is 3.36. The van der Waals surface area contributed by atoms with Crippen molar-refractivity contribution in [2.45, 2.75) is 6.54 Å². The number of hydrogen-bond acceptors (Lipinski definition) is 6. The molecule has 138 valence electrons. The van der Waals surface area contributed by atoms with Gasteiger partial charge in [-0.15, -0.1) is 0 Å². The van der Waals surface area contributed by atoms with Gasteiger partial charge in [-0.05, 0) is 42.0 Å². The second kappa shape index (κ2) is 8.66. The van der Waals surface area contributed by atoms with Gasteiger partial charge in [0.2, 0.25) is 0 Å². The molecule has 0 atom stereocenters. The van der Waals surface area contributed by atoms with Crippen LogP contribution < -0.4 is 20.1 Å². The zero-order valence-electron chi connectivity index (χ0n) is 15.1. The van der Waals surface area contributed by atoms with Crippen molar-refractivity contribution < 1.29 is 14.3 Å². The third-order valence-electron chi connectivity index (χ3n) is 3.91. The molecule has 2 heterocycles. The van der Waals surface area contributed by atoms with Gasteiger partial charge in [-0.25, -0.2) is 4.98 Å². The molecule has 0 unspecified atom stereocenters. The number of pyridine rings is 2. The van der Waals surface area contributed by atoms with Gasteiger partial charge in [0.1, 0.15) is 17.3 Å². The molecule has 0 saturated carbocycles. The molecule has 2 aromatic heterocycles. The van der Waals surface area contributed by atoms with Crippen molar-refractivity contribution in [2.75, 3.05) is 24.9 Å². The van der Waals surface area contributed by atoms with E-state index in [4.69, 9.17) is 9.47 Å². The van der Waals surface area contributed by atoms with E-state index in [2.05, 4.69) is 20.6 Å². The molecule has 0 radical (unpaired) electrons. The molecule has 0 bridgehead atoms. The van der Waals surface area contributed by atoms with Gasteiger partial charge in [-0.1, -0.05) is 0 Å². The average Bonchev–Trinajstić information content (AvgIpc) is 2.73. The van der Waals surface area contributed by atoms with Crippen LogP contribution in [0.5, 0.6) is 11.5 Å². The lowest BCUT2D eigenvalue weighted by atomic mass is 10.2. The highest BCUT2D eigenvalue weighted by molar-refractivity contribution is 6.05. The Morgan fingerprint density at radius 1 is 1.04 bits per heavy atom. The first-order chi connectivity index (χ1) is 13.2. The minimum atomic E-state index is -0.272. The summed E-state index contributed by atoms with van der Waals surface area (Å²) >= 11 is 0. The van der Waals surface area contributed by atoms with Crippen LogP contribution in [-0.2, 0) is 6.54 Å². The van der Waals surface area contributed by atoms with Gasteiger partial charge in [0.15, 0.2) is 0 Å². The van der Waals surface area contributed by atoms with E-state index in [0.717, 1.165) is 5.56 Å². The first kappa shape index (κ1) is 18.2. The van der Waals surface area contributed by atoms with Crippen molar-refractivity contribution in [2.24, 2.45) is 0 Å². The van der Waals surface area contributed by atoms with Crippen LogP contribution in [-0.4, -0.2) is 30.1 Å². The standard InChI is InChI=1S/C20H20N4O3/c1-26-16-4-5-17(18(11-16)27-2)24-20(25)15-3-6-19(23-13-15)22-12-14-7-9-21-10-8-14/h3-11,13H,12H2,1-2H3,(H,22,23)(H,24,25). The average molecular weight is 364 g/mol. The van der Waals surface area contributed by atoms with Crippen molar-refractivity contribution in [1.82, 2.24) is 9.97 Å². The van der Waals surface area contributed by atoms with E-state index < -0.39 is 0 Å². The van der Waals surface area contributed by atoms with Crippen molar-refractivity contribution in [1.29, 1.82) is 0 Å². The molecule has 3 aromatic rings. The summed E-state index contributed by atoms with van der Waals surface area (Å²) in [6.45, 7) is 0.629. The topological polar surface area (TPSA) is 85.4 Å². The van der Waals surface area contributed by atoms with Gasteiger partial charge in [0.25, 0.3) is 5.91 Å². The summed E-state index contributed by atoms with van der Waals surface area (Å²) in [4.78, 5) is 20.7. The van der Waals surface area contributed by atoms with Crippen molar-refractivity contribution >= 4 is 17.4 Å². The zero-order chi connectivity index (χ0) is 19.1. The molecular weight excluding hydrogens is 344 g/mol. The van der Waals surface area contributed by atoms with Crippen molar-refractivity contribution in [3.05, 3.63) is 72.2 Å². The number of anilines is 2. The van der Waals surface area contributed by atoms with Crippen LogP contribution in [0.2, 0.25) is 0 Å². The van der Waals surface area contributed by atoms with E-state index in [9.17, 15) is 4.79 Å². The number of ether oxygens (including phenoxy) is 2. The monoisotopic (exact) mass is 364 g/mol. The number of carbonyl (C=O) groups excluding carboxylic acids is 1. The van der Waals surface area contributed by atoms with E-state index in [0.29, 0.717) is 35.1 Å². The number of carbonyl (C=O) groups is 1. The SMILES string of the molecule is COc1ccc(NC(=O)c2ccc(NCc3ccncc3)nc2)c(OC)c1. The first-order valence-electron chi connectivity index (χ1n) is 8.32. The summed E-state index contributed by atoms with van der Waals surface area (Å²) in [7, 11) is 3.11. The fraction of sp³-hybridized carbons (Fsp3) is 0.150. The fourth-order valence-corrected chi connectivity index (χ4v) is 2.42.